The standard InChI is InChI=1S/C19H20FN5O2/c1-23-11-17(26)25(16-4-2-3-15(20)9-16)13-19(23)6-8-24(12-19)18(27)14-5-7-21-22-10-14/h2-5,7,9-10H,6,8,11-13H2,1H3/t19-/m0/s1. The molecule has 2 saturated heterocycles. The first kappa shape index (κ1) is 17.5. The molecule has 1 atom stereocenters. The molecule has 0 radical (unpaired) electrons. The highest BCUT2D eigenvalue weighted by molar-refractivity contribution is 5.96. The van der Waals surface area contributed by atoms with Gasteiger partial charge in [-0.05, 0) is 37.7 Å². The summed E-state index contributed by atoms with van der Waals surface area (Å²) in [6, 6.07) is 7.72. The van der Waals surface area contributed by atoms with Crippen molar-refractivity contribution in [3.63, 3.8) is 0 Å². The Bertz CT molecular complexity index is 877. The Balaban J connectivity index is 1.57. The molecule has 0 aliphatic carbocycles. The third-order valence-corrected chi connectivity index (χ3v) is 5.51. The summed E-state index contributed by atoms with van der Waals surface area (Å²) in [5.74, 6) is -0.539. The maximum absolute atomic E-state index is 13.6. The number of halogens is 1. The summed E-state index contributed by atoms with van der Waals surface area (Å²) < 4.78 is 13.6. The Morgan fingerprint density at radius 2 is 2.07 bits per heavy atom. The Morgan fingerprint density at radius 3 is 2.81 bits per heavy atom. The van der Waals surface area contributed by atoms with Crippen molar-refractivity contribution in [1.82, 2.24) is 20.0 Å². The minimum atomic E-state index is -0.373. The largest absolute Gasteiger partial charge is 0.337 e. The predicted octanol–water partition coefficient (Wildman–Crippen LogP) is 1.18. The minimum Gasteiger partial charge on any atom is -0.337 e. The number of aromatic nitrogens is 2. The van der Waals surface area contributed by atoms with Gasteiger partial charge in [0, 0.05) is 25.3 Å². The number of carbonyl (C=O) groups excluding carboxylic acids is 2. The Kier molecular flexibility index (Phi) is 4.35. The van der Waals surface area contributed by atoms with Crippen LogP contribution >= 0.6 is 0 Å². The fourth-order valence-electron chi connectivity index (χ4n) is 3.91. The molecule has 1 spiro atoms. The van der Waals surface area contributed by atoms with Crippen LogP contribution in [-0.4, -0.2) is 70.6 Å². The number of anilines is 1. The van der Waals surface area contributed by atoms with Crippen molar-refractivity contribution < 1.29 is 14.0 Å². The summed E-state index contributed by atoms with van der Waals surface area (Å²) in [7, 11) is 1.91. The first-order valence-electron chi connectivity index (χ1n) is 8.82. The molecule has 2 aromatic rings. The first-order valence-corrected chi connectivity index (χ1v) is 8.82. The molecule has 2 fully saturated rings. The molecule has 2 aliphatic heterocycles. The van der Waals surface area contributed by atoms with E-state index in [9.17, 15) is 14.0 Å². The average molecular weight is 369 g/mol. The monoisotopic (exact) mass is 369 g/mol. The number of hydrogen-bond acceptors (Lipinski definition) is 5. The van der Waals surface area contributed by atoms with Gasteiger partial charge in [0.1, 0.15) is 5.82 Å². The molecule has 1 aromatic carbocycles. The van der Waals surface area contributed by atoms with E-state index in [1.54, 1.807) is 28.0 Å². The highest BCUT2D eigenvalue weighted by atomic mass is 19.1. The maximum Gasteiger partial charge on any atom is 0.255 e. The Hall–Kier alpha value is -2.87. The lowest BCUT2D eigenvalue weighted by atomic mass is 9.92. The lowest BCUT2D eigenvalue weighted by Gasteiger charge is -2.46. The first-order chi connectivity index (χ1) is 13.0. The summed E-state index contributed by atoms with van der Waals surface area (Å²) in [4.78, 5) is 30.7. The van der Waals surface area contributed by atoms with Crippen molar-refractivity contribution >= 4 is 17.5 Å². The Morgan fingerprint density at radius 1 is 1.22 bits per heavy atom. The zero-order valence-electron chi connectivity index (χ0n) is 15.0. The molecule has 7 nitrogen and oxygen atoms in total. The van der Waals surface area contributed by atoms with Gasteiger partial charge in [0.25, 0.3) is 5.91 Å². The molecule has 0 bridgehead atoms. The molecule has 2 amide bonds. The van der Waals surface area contributed by atoms with Crippen LogP contribution < -0.4 is 4.90 Å². The van der Waals surface area contributed by atoms with E-state index in [1.807, 2.05) is 11.9 Å². The van der Waals surface area contributed by atoms with E-state index < -0.39 is 0 Å². The number of hydrogen-bond donors (Lipinski definition) is 0. The van der Waals surface area contributed by atoms with Gasteiger partial charge in [0.05, 0.1) is 30.0 Å². The van der Waals surface area contributed by atoms with Gasteiger partial charge in [-0.15, -0.1) is 0 Å². The molecule has 4 rings (SSSR count). The number of piperazine rings is 1. The molecule has 2 aliphatic rings. The number of likely N-dealkylation sites (tertiary alicyclic amines) is 1. The van der Waals surface area contributed by atoms with E-state index in [0.29, 0.717) is 30.9 Å². The Labute approximate surface area is 156 Å². The van der Waals surface area contributed by atoms with Gasteiger partial charge in [-0.1, -0.05) is 6.07 Å². The number of carbonyl (C=O) groups is 2. The minimum absolute atomic E-state index is 0.0724. The van der Waals surface area contributed by atoms with Gasteiger partial charge < -0.3 is 9.80 Å². The van der Waals surface area contributed by atoms with Crippen molar-refractivity contribution in [1.29, 1.82) is 0 Å². The van der Waals surface area contributed by atoms with Crippen LogP contribution in [0, 0.1) is 5.82 Å². The molecule has 0 saturated carbocycles. The second-order valence-electron chi connectivity index (χ2n) is 7.15. The number of rotatable bonds is 2. The van der Waals surface area contributed by atoms with Crippen molar-refractivity contribution in [3.8, 4) is 0 Å². The van der Waals surface area contributed by atoms with Crippen LogP contribution in [0.3, 0.4) is 0 Å². The van der Waals surface area contributed by atoms with Crippen LogP contribution in [0.2, 0.25) is 0 Å². The normalized spacial score (nSPS) is 23.3. The zero-order valence-corrected chi connectivity index (χ0v) is 15.0. The summed E-state index contributed by atoms with van der Waals surface area (Å²) in [6.07, 6.45) is 3.70. The number of nitrogens with zero attached hydrogens (tertiary/aromatic N) is 5. The quantitative estimate of drug-likeness (QED) is 0.795. The maximum atomic E-state index is 13.6. The van der Waals surface area contributed by atoms with Gasteiger partial charge in [0.15, 0.2) is 0 Å². The summed E-state index contributed by atoms with van der Waals surface area (Å²) in [6.45, 7) is 1.75. The third kappa shape index (κ3) is 3.16. The molecular weight excluding hydrogens is 349 g/mol. The lowest BCUT2D eigenvalue weighted by Crippen LogP contribution is -2.64. The molecule has 8 heteroatoms. The van der Waals surface area contributed by atoms with Gasteiger partial charge in [0.2, 0.25) is 5.91 Å². The van der Waals surface area contributed by atoms with Crippen molar-refractivity contribution in [2.45, 2.75) is 12.0 Å². The summed E-state index contributed by atoms with van der Waals surface area (Å²) in [5, 5.41) is 7.47. The van der Waals surface area contributed by atoms with Crippen LogP contribution in [0.4, 0.5) is 10.1 Å². The molecular formula is C19H20FN5O2. The SMILES string of the molecule is CN1CC(=O)N(c2cccc(F)c2)C[C@@]12CCN(C(=O)c1ccnnc1)C2. The smallest absolute Gasteiger partial charge is 0.255 e. The van der Waals surface area contributed by atoms with E-state index in [2.05, 4.69) is 10.2 Å². The number of likely N-dealkylation sites (N-methyl/N-ethyl adjacent to an activating group) is 1. The fourth-order valence-corrected chi connectivity index (χ4v) is 3.91. The second-order valence-corrected chi connectivity index (χ2v) is 7.15. The highest BCUT2D eigenvalue weighted by Gasteiger charge is 2.48. The van der Waals surface area contributed by atoms with Crippen LogP contribution in [0.5, 0.6) is 0 Å². The van der Waals surface area contributed by atoms with Gasteiger partial charge >= 0.3 is 0 Å². The highest BCUT2D eigenvalue weighted by Crippen LogP contribution is 2.34. The van der Waals surface area contributed by atoms with Gasteiger partial charge in [-0.25, -0.2) is 4.39 Å². The van der Waals surface area contributed by atoms with E-state index in [1.165, 1.54) is 24.5 Å². The molecule has 140 valence electrons. The topological polar surface area (TPSA) is 69.6 Å². The molecule has 3 heterocycles. The van der Waals surface area contributed by atoms with Crippen molar-refractivity contribution in [2.75, 3.05) is 38.1 Å². The molecule has 0 N–H and O–H groups in total. The van der Waals surface area contributed by atoms with Crippen LogP contribution in [-0.2, 0) is 4.79 Å². The number of benzene rings is 1. The van der Waals surface area contributed by atoms with Crippen LogP contribution in [0.1, 0.15) is 16.8 Å². The summed E-state index contributed by atoms with van der Waals surface area (Å²) >= 11 is 0. The van der Waals surface area contributed by atoms with Gasteiger partial charge in [-0.2, -0.15) is 10.2 Å². The lowest BCUT2D eigenvalue weighted by molar-refractivity contribution is -0.123. The van der Waals surface area contributed by atoms with E-state index in [4.69, 9.17) is 0 Å². The van der Waals surface area contributed by atoms with Crippen molar-refractivity contribution in [2.24, 2.45) is 0 Å². The van der Waals surface area contributed by atoms with Crippen molar-refractivity contribution in [3.05, 3.63) is 54.1 Å². The number of amides is 2. The fraction of sp³-hybridized carbons (Fsp3) is 0.368. The molecule has 0 unspecified atom stereocenters. The zero-order chi connectivity index (χ0) is 19.0. The second kappa shape index (κ2) is 6.70. The molecule has 27 heavy (non-hydrogen) atoms. The van der Waals surface area contributed by atoms with Crippen LogP contribution in [0.25, 0.3) is 0 Å². The van der Waals surface area contributed by atoms with Crippen LogP contribution in [0.15, 0.2) is 42.7 Å². The van der Waals surface area contributed by atoms with Gasteiger partial charge in [-0.3, -0.25) is 14.5 Å². The van der Waals surface area contributed by atoms with E-state index in [0.717, 1.165) is 6.42 Å². The van der Waals surface area contributed by atoms with E-state index in [-0.39, 0.29) is 29.7 Å². The predicted molar refractivity (Wildman–Crippen MR) is 96.7 cm³/mol. The van der Waals surface area contributed by atoms with E-state index >= 15 is 0 Å². The third-order valence-electron chi connectivity index (χ3n) is 5.51. The molecule has 1 aromatic heterocycles. The average Bonchev–Trinajstić information content (AvgIpc) is 3.10. The summed E-state index contributed by atoms with van der Waals surface area (Å²) in [5.41, 5.74) is 0.699.